The van der Waals surface area contributed by atoms with Crippen molar-refractivity contribution in [1.82, 2.24) is 0 Å². The summed E-state index contributed by atoms with van der Waals surface area (Å²) in [7, 11) is 0. The highest BCUT2D eigenvalue weighted by Gasteiger charge is 2.08. The molecule has 0 aromatic heterocycles. The Hall–Kier alpha value is -1.33. The van der Waals surface area contributed by atoms with Crippen LogP contribution in [0.3, 0.4) is 0 Å². The molecule has 0 aliphatic rings. The topological polar surface area (TPSA) is 67.2 Å². The molecule has 0 aliphatic carbocycles. The first-order valence-corrected chi connectivity index (χ1v) is 5.85. The predicted molar refractivity (Wildman–Crippen MR) is 75.3 cm³/mol. The molecular formula is C11H14ClN3OS. The van der Waals surface area contributed by atoms with Gasteiger partial charge in [-0.25, -0.2) is 0 Å². The number of hydrogen-bond acceptors (Lipinski definition) is 2. The molecule has 0 bridgehead atoms. The Labute approximate surface area is 111 Å². The van der Waals surface area contributed by atoms with Crippen LogP contribution in [0.2, 0.25) is 5.02 Å². The van der Waals surface area contributed by atoms with Crippen molar-refractivity contribution in [1.29, 1.82) is 0 Å². The Morgan fingerprint density at radius 3 is 2.59 bits per heavy atom. The van der Waals surface area contributed by atoms with Crippen molar-refractivity contribution in [3.63, 3.8) is 0 Å². The number of anilines is 2. The summed E-state index contributed by atoms with van der Waals surface area (Å²) in [6, 6.07) is 5.06. The summed E-state index contributed by atoms with van der Waals surface area (Å²) in [4.78, 5) is 11.5. The highest BCUT2D eigenvalue weighted by atomic mass is 35.5. The van der Waals surface area contributed by atoms with Gasteiger partial charge in [0.25, 0.3) is 0 Å². The van der Waals surface area contributed by atoms with E-state index in [1.54, 1.807) is 18.2 Å². The van der Waals surface area contributed by atoms with E-state index >= 15 is 0 Å². The molecule has 1 aromatic carbocycles. The SMILES string of the molecule is CC(C)C(=O)Nc1ccc(Cl)c(NC(N)=S)c1. The number of amides is 1. The van der Waals surface area contributed by atoms with Crippen molar-refractivity contribution in [2.45, 2.75) is 13.8 Å². The van der Waals surface area contributed by atoms with Gasteiger partial charge in [-0.2, -0.15) is 0 Å². The number of benzene rings is 1. The van der Waals surface area contributed by atoms with Crippen molar-refractivity contribution in [2.24, 2.45) is 11.7 Å². The van der Waals surface area contributed by atoms with Crippen LogP contribution in [-0.4, -0.2) is 11.0 Å². The largest absolute Gasteiger partial charge is 0.376 e. The molecule has 0 radical (unpaired) electrons. The summed E-state index contributed by atoms with van der Waals surface area (Å²) >= 11 is 10.7. The van der Waals surface area contributed by atoms with Crippen molar-refractivity contribution in [2.75, 3.05) is 10.6 Å². The van der Waals surface area contributed by atoms with Crippen LogP contribution in [0.5, 0.6) is 0 Å². The van der Waals surface area contributed by atoms with Gasteiger partial charge in [0.05, 0.1) is 10.7 Å². The van der Waals surface area contributed by atoms with Gasteiger partial charge in [0.1, 0.15) is 0 Å². The normalized spacial score (nSPS) is 10.1. The minimum atomic E-state index is -0.0855. The van der Waals surface area contributed by atoms with E-state index in [9.17, 15) is 4.79 Å². The van der Waals surface area contributed by atoms with Gasteiger partial charge in [-0.15, -0.1) is 0 Å². The number of halogens is 1. The van der Waals surface area contributed by atoms with Crippen LogP contribution in [0.25, 0.3) is 0 Å². The molecule has 1 rings (SSSR count). The number of carbonyl (C=O) groups is 1. The summed E-state index contributed by atoms with van der Waals surface area (Å²) in [5.41, 5.74) is 6.58. The highest BCUT2D eigenvalue weighted by molar-refractivity contribution is 7.80. The predicted octanol–water partition coefficient (Wildman–Crippen LogP) is 2.59. The lowest BCUT2D eigenvalue weighted by Crippen LogP contribution is -2.20. The fraction of sp³-hybridized carbons (Fsp3) is 0.273. The molecule has 4 N–H and O–H groups in total. The van der Waals surface area contributed by atoms with Crippen molar-refractivity contribution < 1.29 is 4.79 Å². The van der Waals surface area contributed by atoms with Gasteiger partial charge in [-0.05, 0) is 30.4 Å². The first-order valence-electron chi connectivity index (χ1n) is 5.07. The summed E-state index contributed by atoms with van der Waals surface area (Å²) in [6.45, 7) is 3.64. The van der Waals surface area contributed by atoms with Crippen LogP contribution < -0.4 is 16.4 Å². The molecule has 1 amide bonds. The molecule has 1 aromatic rings. The Bertz CT molecular complexity index is 448. The number of nitrogens with one attached hydrogen (secondary N) is 2. The van der Waals surface area contributed by atoms with E-state index in [1.807, 2.05) is 13.8 Å². The summed E-state index contributed by atoms with van der Waals surface area (Å²) < 4.78 is 0. The van der Waals surface area contributed by atoms with Crippen LogP contribution in [0, 0.1) is 5.92 Å². The van der Waals surface area contributed by atoms with E-state index in [2.05, 4.69) is 10.6 Å². The number of hydrogen-bond donors (Lipinski definition) is 3. The van der Waals surface area contributed by atoms with Crippen LogP contribution in [0.1, 0.15) is 13.8 Å². The monoisotopic (exact) mass is 271 g/mol. The van der Waals surface area contributed by atoms with Crippen molar-refractivity contribution in [3.8, 4) is 0 Å². The Balaban J connectivity index is 2.88. The van der Waals surface area contributed by atoms with E-state index in [-0.39, 0.29) is 16.9 Å². The van der Waals surface area contributed by atoms with E-state index in [0.29, 0.717) is 16.4 Å². The molecule has 0 fully saturated rings. The lowest BCUT2D eigenvalue weighted by molar-refractivity contribution is -0.118. The van der Waals surface area contributed by atoms with Gasteiger partial charge in [0, 0.05) is 11.6 Å². The molecule has 0 saturated heterocycles. The van der Waals surface area contributed by atoms with Crippen LogP contribution in [-0.2, 0) is 4.79 Å². The zero-order valence-electron chi connectivity index (χ0n) is 9.58. The number of nitrogens with two attached hydrogens (primary N) is 1. The van der Waals surface area contributed by atoms with Crippen LogP contribution in [0.4, 0.5) is 11.4 Å². The molecule has 0 unspecified atom stereocenters. The average molecular weight is 272 g/mol. The Kier molecular flexibility index (Phi) is 4.72. The zero-order valence-corrected chi connectivity index (χ0v) is 11.2. The fourth-order valence-corrected chi connectivity index (χ4v) is 1.39. The van der Waals surface area contributed by atoms with Gasteiger partial charge in [0.15, 0.2) is 5.11 Å². The van der Waals surface area contributed by atoms with Gasteiger partial charge >= 0.3 is 0 Å². The average Bonchev–Trinajstić information content (AvgIpc) is 2.22. The molecule has 0 heterocycles. The quantitative estimate of drug-likeness (QED) is 0.739. The van der Waals surface area contributed by atoms with Gasteiger partial charge in [-0.3, -0.25) is 4.79 Å². The third-order valence-corrected chi connectivity index (χ3v) is 2.45. The maximum absolute atomic E-state index is 11.5. The lowest BCUT2D eigenvalue weighted by Gasteiger charge is -2.11. The van der Waals surface area contributed by atoms with Crippen LogP contribution >= 0.6 is 23.8 Å². The third-order valence-electron chi connectivity index (χ3n) is 2.02. The van der Waals surface area contributed by atoms with Gasteiger partial charge < -0.3 is 16.4 Å². The molecule has 0 aliphatic heterocycles. The Morgan fingerprint density at radius 2 is 2.06 bits per heavy atom. The van der Waals surface area contributed by atoms with E-state index < -0.39 is 0 Å². The standard InChI is InChI=1S/C11H14ClN3OS/c1-6(2)10(16)14-7-3-4-8(12)9(5-7)15-11(13)17/h3-6H,1-2H3,(H,14,16)(H3,13,15,17). The second kappa shape index (κ2) is 5.84. The number of carbonyl (C=O) groups excluding carboxylic acids is 1. The maximum atomic E-state index is 11.5. The van der Waals surface area contributed by atoms with E-state index in [0.717, 1.165) is 0 Å². The van der Waals surface area contributed by atoms with Crippen LogP contribution in [0.15, 0.2) is 18.2 Å². The molecule has 92 valence electrons. The molecule has 4 nitrogen and oxygen atoms in total. The summed E-state index contributed by atoms with van der Waals surface area (Å²) in [6.07, 6.45) is 0. The van der Waals surface area contributed by atoms with Gasteiger partial charge in [-0.1, -0.05) is 25.4 Å². The Morgan fingerprint density at radius 1 is 1.41 bits per heavy atom. The summed E-state index contributed by atoms with van der Waals surface area (Å²) in [5.74, 6) is -0.147. The maximum Gasteiger partial charge on any atom is 0.226 e. The number of thiocarbonyl (C=S) groups is 1. The highest BCUT2D eigenvalue weighted by Crippen LogP contribution is 2.25. The number of rotatable bonds is 3. The molecular weight excluding hydrogens is 258 g/mol. The zero-order chi connectivity index (χ0) is 13.0. The van der Waals surface area contributed by atoms with E-state index in [1.165, 1.54) is 0 Å². The lowest BCUT2D eigenvalue weighted by atomic mass is 10.2. The van der Waals surface area contributed by atoms with Crippen molar-refractivity contribution in [3.05, 3.63) is 23.2 Å². The van der Waals surface area contributed by atoms with Crippen molar-refractivity contribution >= 4 is 46.2 Å². The minimum absolute atomic E-state index is 0.0615. The molecule has 0 spiro atoms. The van der Waals surface area contributed by atoms with Gasteiger partial charge in [0.2, 0.25) is 5.91 Å². The third kappa shape index (κ3) is 4.20. The minimum Gasteiger partial charge on any atom is -0.376 e. The summed E-state index contributed by atoms with van der Waals surface area (Å²) in [5, 5.41) is 6.11. The molecule has 17 heavy (non-hydrogen) atoms. The second-order valence-corrected chi connectivity index (χ2v) is 4.67. The molecule has 6 heteroatoms. The first kappa shape index (κ1) is 13.7. The fourth-order valence-electron chi connectivity index (χ4n) is 1.12. The molecule has 0 atom stereocenters. The second-order valence-electron chi connectivity index (χ2n) is 3.83. The molecule has 0 saturated carbocycles. The van der Waals surface area contributed by atoms with E-state index in [4.69, 9.17) is 29.6 Å². The smallest absolute Gasteiger partial charge is 0.226 e. The first-order chi connectivity index (χ1) is 7.90.